The molecule has 0 atom stereocenters. The van der Waals surface area contributed by atoms with E-state index in [9.17, 15) is 8.78 Å². The lowest BCUT2D eigenvalue weighted by Gasteiger charge is -2.00. The van der Waals surface area contributed by atoms with Crippen molar-refractivity contribution in [3.8, 4) is 0 Å². The first-order valence-corrected chi connectivity index (χ1v) is 8.07. The third kappa shape index (κ3) is 4.58. The van der Waals surface area contributed by atoms with E-state index in [1.165, 1.54) is 17.0 Å². The molecule has 0 bridgehead atoms. The van der Waals surface area contributed by atoms with Crippen LogP contribution in [0.15, 0.2) is 18.2 Å². The highest BCUT2D eigenvalue weighted by Gasteiger charge is 2.11. The summed E-state index contributed by atoms with van der Waals surface area (Å²) in [6, 6.07) is 3.63. The Morgan fingerprint density at radius 1 is 1.14 bits per heavy atom. The average Bonchev–Trinajstić information content (AvgIpc) is 2.77. The van der Waals surface area contributed by atoms with Gasteiger partial charge in [0.15, 0.2) is 0 Å². The topological polar surface area (TPSA) is 24.9 Å². The molecular formula is C16H20F2N2S. The Bertz CT molecular complexity index is 576. The fourth-order valence-corrected chi connectivity index (χ4v) is 3.33. The molecule has 114 valence electrons. The van der Waals surface area contributed by atoms with Crippen LogP contribution in [0.5, 0.6) is 0 Å². The van der Waals surface area contributed by atoms with E-state index in [-0.39, 0.29) is 0 Å². The summed E-state index contributed by atoms with van der Waals surface area (Å²) in [6.07, 6.45) is 2.45. The molecule has 0 fully saturated rings. The van der Waals surface area contributed by atoms with Crippen LogP contribution in [0.1, 0.15) is 41.4 Å². The standard InChI is InChI=1S/C16H20F2N2S/c1-3-5-14-15(10-19-4-2)21-16(20-14)8-11-6-12(17)9-13(18)7-11/h6-7,9,19H,3-5,8,10H2,1-2H3. The van der Waals surface area contributed by atoms with Crippen LogP contribution in [0, 0.1) is 11.6 Å². The number of nitrogens with zero attached hydrogens (tertiary/aromatic N) is 1. The van der Waals surface area contributed by atoms with Gasteiger partial charge in [0.1, 0.15) is 11.6 Å². The number of aryl methyl sites for hydroxylation is 1. The second kappa shape index (κ2) is 7.61. The van der Waals surface area contributed by atoms with E-state index in [2.05, 4.69) is 24.1 Å². The first-order valence-electron chi connectivity index (χ1n) is 7.25. The third-order valence-corrected chi connectivity index (χ3v) is 4.22. The molecule has 5 heteroatoms. The molecule has 0 amide bonds. The Kier molecular flexibility index (Phi) is 5.82. The second-order valence-electron chi connectivity index (χ2n) is 4.96. The lowest BCUT2D eigenvalue weighted by molar-refractivity contribution is 0.580. The number of nitrogens with one attached hydrogen (secondary N) is 1. The summed E-state index contributed by atoms with van der Waals surface area (Å²) < 4.78 is 26.5. The summed E-state index contributed by atoms with van der Waals surface area (Å²) in [5, 5.41) is 4.22. The number of thiazole rings is 1. The van der Waals surface area contributed by atoms with Crippen LogP contribution in [0.2, 0.25) is 0 Å². The highest BCUT2D eigenvalue weighted by Crippen LogP contribution is 2.23. The van der Waals surface area contributed by atoms with Crippen LogP contribution in [-0.4, -0.2) is 11.5 Å². The summed E-state index contributed by atoms with van der Waals surface area (Å²) in [5.41, 5.74) is 1.73. The lowest BCUT2D eigenvalue weighted by Crippen LogP contribution is -2.11. The maximum Gasteiger partial charge on any atom is 0.126 e. The maximum atomic E-state index is 13.2. The average molecular weight is 310 g/mol. The van der Waals surface area contributed by atoms with Crippen molar-refractivity contribution in [1.82, 2.24) is 10.3 Å². The number of benzene rings is 1. The molecule has 1 aromatic carbocycles. The van der Waals surface area contributed by atoms with E-state index in [0.717, 1.165) is 42.7 Å². The van der Waals surface area contributed by atoms with Gasteiger partial charge in [-0.2, -0.15) is 0 Å². The zero-order valence-corrected chi connectivity index (χ0v) is 13.2. The zero-order chi connectivity index (χ0) is 15.2. The van der Waals surface area contributed by atoms with Crippen LogP contribution >= 0.6 is 11.3 Å². The summed E-state index contributed by atoms with van der Waals surface area (Å²) in [5.74, 6) is -1.08. The van der Waals surface area contributed by atoms with Gasteiger partial charge in [0.25, 0.3) is 0 Å². The number of hydrogen-bond acceptors (Lipinski definition) is 3. The van der Waals surface area contributed by atoms with Crippen LogP contribution in [0.3, 0.4) is 0 Å². The normalized spacial score (nSPS) is 11.0. The molecule has 0 aliphatic rings. The fourth-order valence-electron chi connectivity index (χ4n) is 2.21. The van der Waals surface area contributed by atoms with Gasteiger partial charge in [-0.1, -0.05) is 20.3 Å². The van der Waals surface area contributed by atoms with E-state index in [0.29, 0.717) is 12.0 Å². The first-order chi connectivity index (χ1) is 10.1. The highest BCUT2D eigenvalue weighted by atomic mass is 32.1. The highest BCUT2D eigenvalue weighted by molar-refractivity contribution is 7.11. The van der Waals surface area contributed by atoms with Gasteiger partial charge in [-0.15, -0.1) is 11.3 Å². The second-order valence-corrected chi connectivity index (χ2v) is 6.13. The SMILES string of the molecule is CCCc1nc(Cc2cc(F)cc(F)c2)sc1CNCC. The van der Waals surface area contributed by atoms with Gasteiger partial charge in [0, 0.05) is 23.9 Å². The van der Waals surface area contributed by atoms with Crippen molar-refractivity contribution in [2.75, 3.05) is 6.54 Å². The molecule has 0 aliphatic carbocycles. The Balaban J connectivity index is 2.18. The molecule has 0 unspecified atom stereocenters. The summed E-state index contributed by atoms with van der Waals surface area (Å²) in [6.45, 7) is 5.91. The Labute approximate surface area is 128 Å². The van der Waals surface area contributed by atoms with Crippen molar-refractivity contribution < 1.29 is 8.78 Å². The van der Waals surface area contributed by atoms with Crippen molar-refractivity contribution in [2.45, 2.75) is 39.7 Å². The fraction of sp³-hybridized carbons (Fsp3) is 0.438. The van der Waals surface area contributed by atoms with Gasteiger partial charge in [0.2, 0.25) is 0 Å². The van der Waals surface area contributed by atoms with E-state index < -0.39 is 11.6 Å². The summed E-state index contributed by atoms with van der Waals surface area (Å²) in [7, 11) is 0. The van der Waals surface area contributed by atoms with Crippen molar-refractivity contribution in [3.05, 3.63) is 51.0 Å². The van der Waals surface area contributed by atoms with Gasteiger partial charge in [-0.05, 0) is 30.7 Å². The third-order valence-electron chi connectivity index (χ3n) is 3.12. The summed E-state index contributed by atoms with van der Waals surface area (Å²) >= 11 is 1.63. The van der Waals surface area contributed by atoms with Gasteiger partial charge in [0.05, 0.1) is 10.7 Å². The van der Waals surface area contributed by atoms with Gasteiger partial charge in [-0.25, -0.2) is 13.8 Å². The Morgan fingerprint density at radius 2 is 1.86 bits per heavy atom. The molecule has 2 aromatic rings. The molecule has 0 saturated carbocycles. The largest absolute Gasteiger partial charge is 0.312 e. The molecule has 1 N–H and O–H groups in total. The van der Waals surface area contributed by atoms with Crippen molar-refractivity contribution >= 4 is 11.3 Å². The predicted molar refractivity (Wildman–Crippen MR) is 82.7 cm³/mol. The minimum atomic E-state index is -0.539. The van der Waals surface area contributed by atoms with Gasteiger partial charge in [-0.3, -0.25) is 0 Å². The lowest BCUT2D eigenvalue weighted by atomic mass is 10.1. The minimum Gasteiger partial charge on any atom is -0.312 e. The smallest absolute Gasteiger partial charge is 0.126 e. The van der Waals surface area contributed by atoms with Gasteiger partial charge >= 0.3 is 0 Å². The molecule has 2 rings (SSSR count). The van der Waals surface area contributed by atoms with E-state index >= 15 is 0 Å². The molecule has 0 spiro atoms. The molecule has 0 aliphatic heterocycles. The van der Waals surface area contributed by atoms with Crippen molar-refractivity contribution in [2.24, 2.45) is 0 Å². The maximum absolute atomic E-state index is 13.2. The van der Waals surface area contributed by atoms with Crippen LogP contribution < -0.4 is 5.32 Å². The molecule has 1 aromatic heterocycles. The quantitative estimate of drug-likeness (QED) is 0.833. The number of rotatable bonds is 7. The van der Waals surface area contributed by atoms with E-state index in [1.54, 1.807) is 11.3 Å². The van der Waals surface area contributed by atoms with Crippen molar-refractivity contribution in [1.29, 1.82) is 0 Å². The number of aromatic nitrogens is 1. The van der Waals surface area contributed by atoms with E-state index in [4.69, 9.17) is 0 Å². The molecule has 0 saturated heterocycles. The molecule has 0 radical (unpaired) electrons. The minimum absolute atomic E-state index is 0.474. The Hall–Kier alpha value is -1.33. The number of hydrogen-bond donors (Lipinski definition) is 1. The molecule has 2 nitrogen and oxygen atoms in total. The predicted octanol–water partition coefficient (Wildman–Crippen LogP) is 4.07. The summed E-state index contributed by atoms with van der Waals surface area (Å²) in [4.78, 5) is 5.87. The molecule has 21 heavy (non-hydrogen) atoms. The Morgan fingerprint density at radius 3 is 2.48 bits per heavy atom. The monoisotopic (exact) mass is 310 g/mol. The van der Waals surface area contributed by atoms with Crippen LogP contribution in [-0.2, 0) is 19.4 Å². The molecule has 1 heterocycles. The van der Waals surface area contributed by atoms with Crippen LogP contribution in [0.25, 0.3) is 0 Å². The van der Waals surface area contributed by atoms with Crippen LogP contribution in [0.4, 0.5) is 8.78 Å². The first kappa shape index (κ1) is 16.0. The van der Waals surface area contributed by atoms with E-state index in [1.807, 2.05) is 0 Å². The van der Waals surface area contributed by atoms with Gasteiger partial charge < -0.3 is 5.32 Å². The number of halogens is 2. The zero-order valence-electron chi connectivity index (χ0n) is 12.4. The van der Waals surface area contributed by atoms with Crippen molar-refractivity contribution in [3.63, 3.8) is 0 Å². The molecular weight excluding hydrogens is 290 g/mol.